The zero-order chi connectivity index (χ0) is 12.4. The van der Waals surface area contributed by atoms with Gasteiger partial charge in [-0.2, -0.15) is 0 Å². The average molecular weight is 233 g/mol. The van der Waals surface area contributed by atoms with Gasteiger partial charge in [-0.3, -0.25) is 0 Å². The second-order valence-corrected chi connectivity index (χ2v) is 3.77. The number of halogens is 1. The molecule has 0 radical (unpaired) electrons. The first-order chi connectivity index (χ1) is 8.08. The SMILES string of the molecule is Nc1cc(F)ccc1C(O)c1cccc(O)c1. The number of phenols is 1. The number of phenolic OH excluding ortho intramolecular Hbond substituents is 1. The van der Waals surface area contributed by atoms with Crippen LogP contribution in [-0.2, 0) is 0 Å². The average Bonchev–Trinajstić information content (AvgIpc) is 2.28. The molecular weight excluding hydrogens is 221 g/mol. The summed E-state index contributed by atoms with van der Waals surface area (Å²) in [6, 6.07) is 10.0. The largest absolute Gasteiger partial charge is 0.508 e. The molecule has 0 saturated carbocycles. The number of hydrogen-bond acceptors (Lipinski definition) is 3. The third-order valence-corrected chi connectivity index (χ3v) is 2.53. The quantitative estimate of drug-likeness (QED) is 0.696. The highest BCUT2D eigenvalue weighted by Gasteiger charge is 2.14. The van der Waals surface area contributed by atoms with Gasteiger partial charge in [0.05, 0.1) is 0 Å². The van der Waals surface area contributed by atoms with Gasteiger partial charge in [-0.05, 0) is 29.8 Å². The minimum absolute atomic E-state index is 0.0576. The van der Waals surface area contributed by atoms with Crippen molar-refractivity contribution in [2.24, 2.45) is 0 Å². The number of aliphatic hydroxyl groups excluding tert-OH is 1. The molecule has 0 aromatic heterocycles. The molecule has 88 valence electrons. The Kier molecular flexibility index (Phi) is 2.97. The number of nitrogens with two attached hydrogens (primary N) is 1. The standard InChI is InChI=1S/C13H12FNO2/c14-9-4-5-11(12(15)7-9)13(17)8-2-1-3-10(16)6-8/h1-7,13,16-17H,15H2. The van der Waals surface area contributed by atoms with Crippen LogP contribution >= 0.6 is 0 Å². The molecule has 0 aliphatic carbocycles. The van der Waals surface area contributed by atoms with Gasteiger partial charge in [-0.15, -0.1) is 0 Å². The predicted molar refractivity (Wildman–Crippen MR) is 63.0 cm³/mol. The Bertz CT molecular complexity index is 543. The highest BCUT2D eigenvalue weighted by molar-refractivity contribution is 5.51. The van der Waals surface area contributed by atoms with Gasteiger partial charge in [0.2, 0.25) is 0 Å². The topological polar surface area (TPSA) is 66.5 Å². The van der Waals surface area contributed by atoms with E-state index in [0.29, 0.717) is 11.1 Å². The van der Waals surface area contributed by atoms with Crippen LogP contribution in [0.4, 0.5) is 10.1 Å². The highest BCUT2D eigenvalue weighted by atomic mass is 19.1. The summed E-state index contributed by atoms with van der Waals surface area (Å²) < 4.78 is 12.9. The number of benzene rings is 2. The van der Waals surface area contributed by atoms with E-state index in [4.69, 9.17) is 5.73 Å². The van der Waals surface area contributed by atoms with Gasteiger partial charge in [-0.25, -0.2) is 4.39 Å². The predicted octanol–water partition coefficient (Wildman–Crippen LogP) is 2.20. The van der Waals surface area contributed by atoms with Crippen molar-refractivity contribution >= 4 is 5.69 Å². The van der Waals surface area contributed by atoms with E-state index in [1.54, 1.807) is 12.1 Å². The lowest BCUT2D eigenvalue weighted by molar-refractivity contribution is 0.220. The van der Waals surface area contributed by atoms with Crippen LogP contribution in [0.3, 0.4) is 0 Å². The fourth-order valence-corrected chi connectivity index (χ4v) is 1.67. The summed E-state index contributed by atoms with van der Waals surface area (Å²) >= 11 is 0. The van der Waals surface area contributed by atoms with Crippen LogP contribution in [-0.4, -0.2) is 10.2 Å². The lowest BCUT2D eigenvalue weighted by Gasteiger charge is -2.14. The molecular formula is C13H12FNO2. The second kappa shape index (κ2) is 4.43. The fraction of sp³-hybridized carbons (Fsp3) is 0.0769. The summed E-state index contributed by atoms with van der Waals surface area (Å²) in [5.41, 5.74) is 6.73. The fourth-order valence-electron chi connectivity index (χ4n) is 1.67. The van der Waals surface area contributed by atoms with Gasteiger partial charge < -0.3 is 15.9 Å². The molecule has 1 unspecified atom stereocenters. The molecule has 4 N–H and O–H groups in total. The second-order valence-electron chi connectivity index (χ2n) is 3.77. The minimum atomic E-state index is -0.984. The highest BCUT2D eigenvalue weighted by Crippen LogP contribution is 2.28. The third kappa shape index (κ3) is 2.37. The summed E-state index contributed by atoms with van der Waals surface area (Å²) in [4.78, 5) is 0. The van der Waals surface area contributed by atoms with Crippen molar-refractivity contribution in [2.45, 2.75) is 6.10 Å². The van der Waals surface area contributed by atoms with Crippen molar-refractivity contribution in [3.8, 4) is 5.75 Å². The van der Waals surface area contributed by atoms with E-state index in [1.807, 2.05) is 0 Å². The van der Waals surface area contributed by atoms with E-state index in [1.165, 1.54) is 24.3 Å². The molecule has 0 aliphatic rings. The summed E-state index contributed by atoms with van der Waals surface area (Å²) in [6.07, 6.45) is -0.984. The smallest absolute Gasteiger partial charge is 0.125 e. The normalized spacial score (nSPS) is 12.4. The van der Waals surface area contributed by atoms with E-state index >= 15 is 0 Å². The number of hydrogen-bond donors (Lipinski definition) is 3. The van der Waals surface area contributed by atoms with E-state index in [2.05, 4.69) is 0 Å². The number of anilines is 1. The first kappa shape index (κ1) is 11.4. The van der Waals surface area contributed by atoms with E-state index in [0.717, 1.165) is 6.07 Å². The van der Waals surface area contributed by atoms with E-state index < -0.39 is 11.9 Å². The number of rotatable bonds is 2. The van der Waals surface area contributed by atoms with Crippen molar-refractivity contribution in [3.63, 3.8) is 0 Å². The van der Waals surface area contributed by atoms with Crippen molar-refractivity contribution < 1.29 is 14.6 Å². The van der Waals surface area contributed by atoms with Crippen LogP contribution in [0, 0.1) is 5.82 Å². The van der Waals surface area contributed by atoms with E-state index in [9.17, 15) is 14.6 Å². The van der Waals surface area contributed by atoms with Gasteiger partial charge in [0.15, 0.2) is 0 Å². The maximum Gasteiger partial charge on any atom is 0.125 e. The Hall–Kier alpha value is -2.07. The number of aromatic hydroxyl groups is 1. The van der Waals surface area contributed by atoms with Crippen LogP contribution in [0.25, 0.3) is 0 Å². The van der Waals surface area contributed by atoms with Crippen molar-refractivity contribution in [3.05, 3.63) is 59.4 Å². The van der Waals surface area contributed by atoms with Crippen LogP contribution in [0.2, 0.25) is 0 Å². The first-order valence-electron chi connectivity index (χ1n) is 5.10. The maximum absolute atomic E-state index is 12.9. The third-order valence-electron chi connectivity index (χ3n) is 2.53. The lowest BCUT2D eigenvalue weighted by Crippen LogP contribution is -2.04. The first-order valence-corrected chi connectivity index (χ1v) is 5.10. The Morgan fingerprint density at radius 2 is 1.88 bits per heavy atom. The van der Waals surface area contributed by atoms with E-state index in [-0.39, 0.29) is 11.4 Å². The molecule has 3 nitrogen and oxygen atoms in total. The molecule has 0 bridgehead atoms. The van der Waals surface area contributed by atoms with Gasteiger partial charge >= 0.3 is 0 Å². The number of nitrogen functional groups attached to an aromatic ring is 1. The van der Waals surface area contributed by atoms with Crippen molar-refractivity contribution in [2.75, 3.05) is 5.73 Å². The van der Waals surface area contributed by atoms with Crippen LogP contribution < -0.4 is 5.73 Å². The van der Waals surface area contributed by atoms with Crippen molar-refractivity contribution in [1.82, 2.24) is 0 Å². The zero-order valence-electron chi connectivity index (χ0n) is 8.97. The molecule has 0 heterocycles. The Balaban J connectivity index is 2.40. The minimum Gasteiger partial charge on any atom is -0.508 e. The monoisotopic (exact) mass is 233 g/mol. The lowest BCUT2D eigenvalue weighted by atomic mass is 10.00. The van der Waals surface area contributed by atoms with Gasteiger partial charge in [0, 0.05) is 11.3 Å². The molecule has 0 spiro atoms. The Labute approximate surface area is 97.9 Å². The zero-order valence-corrected chi connectivity index (χ0v) is 8.97. The molecule has 17 heavy (non-hydrogen) atoms. The van der Waals surface area contributed by atoms with Gasteiger partial charge in [-0.1, -0.05) is 18.2 Å². The molecule has 1 atom stereocenters. The molecule has 0 saturated heterocycles. The van der Waals surface area contributed by atoms with Crippen LogP contribution in [0.1, 0.15) is 17.2 Å². The summed E-state index contributed by atoms with van der Waals surface area (Å²) in [5.74, 6) is -0.392. The number of aliphatic hydroxyl groups is 1. The summed E-state index contributed by atoms with van der Waals surface area (Å²) in [5, 5.41) is 19.4. The molecule has 0 amide bonds. The van der Waals surface area contributed by atoms with Gasteiger partial charge in [0.25, 0.3) is 0 Å². The summed E-state index contributed by atoms with van der Waals surface area (Å²) in [6.45, 7) is 0. The maximum atomic E-state index is 12.9. The molecule has 0 aliphatic heterocycles. The summed E-state index contributed by atoms with van der Waals surface area (Å²) in [7, 11) is 0. The molecule has 0 fully saturated rings. The van der Waals surface area contributed by atoms with Gasteiger partial charge in [0.1, 0.15) is 17.7 Å². The van der Waals surface area contributed by atoms with Crippen LogP contribution in [0.15, 0.2) is 42.5 Å². The van der Waals surface area contributed by atoms with Crippen LogP contribution in [0.5, 0.6) is 5.75 Å². The van der Waals surface area contributed by atoms with Crippen molar-refractivity contribution in [1.29, 1.82) is 0 Å². The molecule has 4 heteroatoms. The Morgan fingerprint density at radius 1 is 1.12 bits per heavy atom. The molecule has 2 aromatic rings. The molecule has 2 rings (SSSR count). The Morgan fingerprint density at radius 3 is 2.53 bits per heavy atom. The molecule has 2 aromatic carbocycles.